The summed E-state index contributed by atoms with van der Waals surface area (Å²) in [6.45, 7) is 26.1. The fourth-order valence-corrected chi connectivity index (χ4v) is 9.48. The van der Waals surface area contributed by atoms with Crippen molar-refractivity contribution in [2.24, 2.45) is 11.8 Å². The molecule has 0 aromatic carbocycles. The third-order valence-corrected chi connectivity index (χ3v) is 12.8. The SMILES string of the molecule is CN(C(=O)OC(C)(C)C)[C@@H]1[C@@H](O)[C@@H](O[C@@H]2[C@@H](O)[C@H](C3OC(CNCC(O)CCNC(=O)OC(C)(C)C)=CC[C@H]3NC(=O)OC(C)(C)C)[C@@H](NC(=O)OC(C)(C)C)C[C@H]2NC(=O)C(O)C2CN(C(=O)OC(C)(C)C)C2)OC[C@]1(C)O. The highest BCUT2D eigenvalue weighted by Gasteiger charge is 2.57. The maximum atomic E-state index is 14.2. The Balaban J connectivity index is 1.76. The number of likely N-dealkylation sites (N-methyl/N-ethyl adjacent to an activating group) is 1. The molecule has 0 aromatic rings. The molecular weight excluding hydrogens is 1040 g/mol. The fourth-order valence-electron chi connectivity index (χ4n) is 9.48. The molecule has 3 fully saturated rings. The Morgan fingerprint density at radius 2 is 1.28 bits per heavy atom. The van der Waals surface area contributed by atoms with E-state index in [9.17, 15) is 54.3 Å². The van der Waals surface area contributed by atoms with E-state index in [0.29, 0.717) is 5.76 Å². The Hall–Kier alpha value is -4.96. The monoisotopic (exact) mass is 1130 g/mol. The topological polar surface area (TPSA) is 344 Å². The lowest BCUT2D eigenvalue weighted by atomic mass is 9.72. The van der Waals surface area contributed by atoms with Gasteiger partial charge < -0.3 is 99.8 Å². The second-order valence-electron chi connectivity index (χ2n) is 26.2. The van der Waals surface area contributed by atoms with E-state index in [0.717, 1.165) is 4.90 Å². The van der Waals surface area contributed by atoms with Crippen LogP contribution >= 0.6 is 0 Å². The van der Waals surface area contributed by atoms with Crippen molar-refractivity contribution >= 4 is 36.4 Å². The molecule has 0 bridgehead atoms. The Morgan fingerprint density at radius 1 is 0.747 bits per heavy atom. The Bertz CT molecular complexity index is 2120. The summed E-state index contributed by atoms with van der Waals surface area (Å²) in [7, 11) is 1.31. The average Bonchev–Trinajstić information content (AvgIpc) is 3.22. The van der Waals surface area contributed by atoms with Crippen LogP contribution in [0.4, 0.5) is 24.0 Å². The van der Waals surface area contributed by atoms with Crippen LogP contribution in [0, 0.1) is 11.8 Å². The van der Waals surface area contributed by atoms with Gasteiger partial charge in [0, 0.05) is 51.1 Å². The van der Waals surface area contributed by atoms with Crippen molar-refractivity contribution in [2.45, 2.75) is 231 Å². The molecular formula is C53H93N7O19. The quantitative estimate of drug-likeness (QED) is 0.0993. The molecule has 0 aromatic heterocycles. The van der Waals surface area contributed by atoms with Gasteiger partial charge in [-0.1, -0.05) is 0 Å². The first kappa shape index (κ1) is 66.6. The third kappa shape index (κ3) is 20.8. The lowest BCUT2D eigenvalue weighted by Gasteiger charge is -2.52. The van der Waals surface area contributed by atoms with Crippen molar-refractivity contribution < 1.29 is 92.2 Å². The lowest BCUT2D eigenvalue weighted by molar-refractivity contribution is -0.306. The van der Waals surface area contributed by atoms with Gasteiger partial charge in [-0.05, 0) is 136 Å². The van der Waals surface area contributed by atoms with Gasteiger partial charge in [-0.3, -0.25) is 4.79 Å². The van der Waals surface area contributed by atoms with Crippen LogP contribution in [0.2, 0.25) is 0 Å². The molecule has 2 saturated heterocycles. The van der Waals surface area contributed by atoms with Gasteiger partial charge in [-0.25, -0.2) is 24.0 Å². The zero-order chi connectivity index (χ0) is 60.0. The number of aliphatic hydroxyl groups is 5. The van der Waals surface area contributed by atoms with Crippen LogP contribution in [0.15, 0.2) is 11.8 Å². The average molecular weight is 1130 g/mol. The highest BCUT2D eigenvalue weighted by Crippen LogP contribution is 2.39. The Labute approximate surface area is 464 Å². The summed E-state index contributed by atoms with van der Waals surface area (Å²) in [6, 6.07) is -4.99. The van der Waals surface area contributed by atoms with Crippen LogP contribution < -0.4 is 26.6 Å². The van der Waals surface area contributed by atoms with E-state index < -0.39 is 156 Å². The first-order valence-electron chi connectivity index (χ1n) is 27.0. The summed E-state index contributed by atoms with van der Waals surface area (Å²) in [5.74, 6) is -2.69. The standard InChI is InChI=1S/C53H93N7O19/c1-48(2,3)75-43(66)55-21-20-29(61)23-54-24-30-18-19-31(57-44(67)76-49(4,5)6)38(73-30)34-32(58-45(68)77-50(7,8)9)22-33(56-41(65)35(62)28-25-60(26-28)47(70)79-52(13,14)15)39(36(34)63)74-42-37(64)40(53(16,71)27-72-42)59(17)46(69)78-51(10,11)12/h18,28-29,31-40,42,54,61-64,71H,19-27H2,1-17H3,(H,55,66)(H,56,65)(H,57,67)(H,58,68)/t29?,31-,32+,33-,34-,35?,36+,37-,38?,39+,40-,42-,53+/m1/s1. The number of alkyl carbamates (subject to hydrolysis) is 3. The van der Waals surface area contributed by atoms with Gasteiger partial charge in [-0.2, -0.15) is 0 Å². The fraction of sp³-hybridized carbons (Fsp3) is 0.849. The van der Waals surface area contributed by atoms with Crippen LogP contribution in [0.5, 0.6) is 0 Å². The molecule has 10 N–H and O–H groups in total. The second-order valence-corrected chi connectivity index (χ2v) is 26.2. The minimum absolute atomic E-state index is 0.0107. The lowest BCUT2D eigenvalue weighted by Crippen LogP contribution is -2.71. The maximum Gasteiger partial charge on any atom is 0.410 e. The first-order valence-corrected chi connectivity index (χ1v) is 27.0. The van der Waals surface area contributed by atoms with Crippen LogP contribution in [-0.4, -0.2) is 219 Å². The van der Waals surface area contributed by atoms with Crippen molar-refractivity contribution in [3.63, 3.8) is 0 Å². The molecule has 0 radical (unpaired) electrons. The molecule has 0 spiro atoms. The molecule has 1 saturated carbocycles. The van der Waals surface area contributed by atoms with Crippen LogP contribution in [0.1, 0.15) is 130 Å². The highest BCUT2D eigenvalue weighted by atomic mass is 16.7. The second kappa shape index (κ2) is 26.3. The number of amides is 6. The van der Waals surface area contributed by atoms with Gasteiger partial charge >= 0.3 is 30.5 Å². The van der Waals surface area contributed by atoms with Gasteiger partial charge in [0.05, 0.1) is 43.5 Å². The van der Waals surface area contributed by atoms with Crippen molar-refractivity contribution in [3.8, 4) is 0 Å². The van der Waals surface area contributed by atoms with E-state index >= 15 is 0 Å². The maximum absolute atomic E-state index is 14.2. The molecule has 13 atom stereocenters. The number of rotatable bonds is 16. The molecule has 26 nitrogen and oxygen atoms in total. The number of carbonyl (C=O) groups excluding carboxylic acids is 6. The summed E-state index contributed by atoms with van der Waals surface area (Å²) in [5, 5.41) is 73.2. The third-order valence-electron chi connectivity index (χ3n) is 12.8. The molecule has 3 aliphatic heterocycles. The summed E-state index contributed by atoms with van der Waals surface area (Å²) in [6.07, 6.45) is -13.3. The zero-order valence-corrected chi connectivity index (χ0v) is 49.3. The minimum atomic E-state index is -1.89. The van der Waals surface area contributed by atoms with E-state index in [2.05, 4.69) is 26.6 Å². The number of nitrogens with zero attached hydrogens (tertiary/aromatic N) is 2. The highest BCUT2D eigenvalue weighted by molar-refractivity contribution is 5.82. The van der Waals surface area contributed by atoms with Gasteiger partial charge in [0.25, 0.3) is 0 Å². The number of hydrogen-bond acceptors (Lipinski definition) is 20. The molecule has 79 heavy (non-hydrogen) atoms. The zero-order valence-electron chi connectivity index (χ0n) is 49.3. The van der Waals surface area contributed by atoms with Crippen LogP contribution in [0.3, 0.4) is 0 Å². The summed E-state index contributed by atoms with van der Waals surface area (Å²) < 4.78 is 46.8. The van der Waals surface area contributed by atoms with E-state index in [1.807, 2.05) is 0 Å². The molecule has 6 amide bonds. The number of carbonyl (C=O) groups is 6. The predicted octanol–water partition coefficient (Wildman–Crippen LogP) is 2.49. The number of ether oxygens (including phenoxy) is 8. The Kier molecular flexibility index (Phi) is 22.2. The van der Waals surface area contributed by atoms with E-state index in [1.165, 1.54) is 18.9 Å². The van der Waals surface area contributed by atoms with Crippen LogP contribution in [-0.2, 0) is 42.7 Å². The van der Waals surface area contributed by atoms with Gasteiger partial charge in [0.2, 0.25) is 5.91 Å². The van der Waals surface area contributed by atoms with E-state index in [1.54, 1.807) is 110 Å². The molecule has 4 aliphatic rings. The van der Waals surface area contributed by atoms with Gasteiger partial charge in [0.1, 0.15) is 63.8 Å². The molecule has 3 heterocycles. The first-order chi connectivity index (χ1) is 36.0. The molecule has 4 rings (SSSR count). The number of aliphatic hydroxyl groups excluding tert-OH is 4. The number of hydrogen-bond donors (Lipinski definition) is 10. The molecule has 3 unspecified atom stereocenters. The minimum Gasteiger partial charge on any atom is -0.491 e. The van der Waals surface area contributed by atoms with E-state index in [-0.39, 0.29) is 52.0 Å². The summed E-state index contributed by atoms with van der Waals surface area (Å²) >= 11 is 0. The van der Waals surface area contributed by atoms with E-state index in [4.69, 9.17) is 37.9 Å². The number of nitrogens with one attached hydrogen (secondary N) is 5. The van der Waals surface area contributed by atoms with Crippen molar-refractivity contribution in [2.75, 3.05) is 46.4 Å². The normalized spacial score (nSPS) is 28.7. The summed E-state index contributed by atoms with van der Waals surface area (Å²) in [5.41, 5.74) is -6.34. The largest absolute Gasteiger partial charge is 0.491 e. The van der Waals surface area contributed by atoms with Crippen molar-refractivity contribution in [1.82, 2.24) is 36.4 Å². The Morgan fingerprint density at radius 3 is 1.82 bits per heavy atom. The van der Waals surface area contributed by atoms with Crippen LogP contribution in [0.25, 0.3) is 0 Å². The number of likely N-dealkylation sites (tertiary alicyclic amines) is 1. The molecule has 1 aliphatic carbocycles. The van der Waals surface area contributed by atoms with Crippen molar-refractivity contribution in [3.05, 3.63) is 11.8 Å². The predicted molar refractivity (Wildman–Crippen MR) is 284 cm³/mol. The van der Waals surface area contributed by atoms with Crippen molar-refractivity contribution in [1.29, 1.82) is 0 Å². The molecule has 454 valence electrons. The van der Waals surface area contributed by atoms with Gasteiger partial charge in [-0.15, -0.1) is 0 Å². The van der Waals surface area contributed by atoms with Gasteiger partial charge in [0.15, 0.2) is 6.29 Å². The molecule has 26 heteroatoms. The summed E-state index contributed by atoms with van der Waals surface area (Å²) in [4.78, 5) is 82.4. The smallest absolute Gasteiger partial charge is 0.410 e.